The Bertz CT molecular complexity index is 584. The normalized spacial score (nSPS) is 19.9. The Hall–Kier alpha value is -1.95. The Kier molecular flexibility index (Phi) is 5.45. The first-order valence-electron chi connectivity index (χ1n) is 8.69. The molecule has 3 rings (SSSR count). The van der Waals surface area contributed by atoms with Gasteiger partial charge in [-0.3, -0.25) is 9.59 Å². The van der Waals surface area contributed by atoms with E-state index in [-0.39, 0.29) is 23.5 Å². The van der Waals surface area contributed by atoms with Crippen molar-refractivity contribution in [2.75, 3.05) is 39.3 Å². The number of amides is 2. The van der Waals surface area contributed by atoms with E-state index in [0.717, 1.165) is 32.4 Å². The van der Waals surface area contributed by atoms with Crippen molar-refractivity contribution in [2.45, 2.75) is 19.3 Å². The summed E-state index contributed by atoms with van der Waals surface area (Å²) in [6.07, 6.45) is 2.57. The standard InChI is InChI=1S/C18H24FN3O2/c19-16-4-2-14(3-5-16)17(23)21-10-1-11-22(13-12-21)18(24)15-6-8-20-9-7-15/h2-5,15,20H,1,6-13H2. The second kappa shape index (κ2) is 7.75. The van der Waals surface area contributed by atoms with Gasteiger partial charge in [-0.05, 0) is 56.6 Å². The summed E-state index contributed by atoms with van der Waals surface area (Å²) in [5, 5.41) is 3.28. The molecule has 1 aromatic rings. The van der Waals surface area contributed by atoms with Crippen LogP contribution in [0.2, 0.25) is 0 Å². The maximum Gasteiger partial charge on any atom is 0.253 e. The van der Waals surface area contributed by atoms with Gasteiger partial charge in [-0.1, -0.05) is 0 Å². The van der Waals surface area contributed by atoms with E-state index in [4.69, 9.17) is 0 Å². The third-order valence-electron chi connectivity index (χ3n) is 4.87. The quantitative estimate of drug-likeness (QED) is 0.892. The molecule has 1 N–H and O–H groups in total. The van der Waals surface area contributed by atoms with Gasteiger partial charge in [-0.25, -0.2) is 4.39 Å². The van der Waals surface area contributed by atoms with Crippen LogP contribution in [0.15, 0.2) is 24.3 Å². The predicted octanol–water partition coefficient (Wildman–Crippen LogP) is 1.50. The molecular weight excluding hydrogens is 309 g/mol. The summed E-state index contributed by atoms with van der Waals surface area (Å²) in [7, 11) is 0. The summed E-state index contributed by atoms with van der Waals surface area (Å²) < 4.78 is 13.0. The summed E-state index contributed by atoms with van der Waals surface area (Å²) in [4.78, 5) is 28.9. The molecule has 2 saturated heterocycles. The predicted molar refractivity (Wildman–Crippen MR) is 89.1 cm³/mol. The van der Waals surface area contributed by atoms with Crippen molar-refractivity contribution in [1.82, 2.24) is 15.1 Å². The van der Waals surface area contributed by atoms with E-state index in [1.165, 1.54) is 24.3 Å². The van der Waals surface area contributed by atoms with Gasteiger partial charge in [0.1, 0.15) is 5.82 Å². The first-order valence-corrected chi connectivity index (χ1v) is 8.69. The van der Waals surface area contributed by atoms with Crippen LogP contribution in [-0.2, 0) is 4.79 Å². The zero-order valence-corrected chi connectivity index (χ0v) is 13.8. The molecule has 0 atom stereocenters. The Morgan fingerprint density at radius 1 is 0.958 bits per heavy atom. The van der Waals surface area contributed by atoms with Crippen LogP contribution < -0.4 is 5.32 Å². The van der Waals surface area contributed by atoms with Crippen LogP contribution in [0.5, 0.6) is 0 Å². The van der Waals surface area contributed by atoms with E-state index in [1.807, 2.05) is 4.90 Å². The largest absolute Gasteiger partial charge is 0.341 e. The van der Waals surface area contributed by atoms with Gasteiger partial charge < -0.3 is 15.1 Å². The molecule has 24 heavy (non-hydrogen) atoms. The Morgan fingerprint density at radius 2 is 1.58 bits per heavy atom. The smallest absolute Gasteiger partial charge is 0.253 e. The molecule has 0 unspecified atom stereocenters. The summed E-state index contributed by atoms with van der Waals surface area (Å²) in [5.41, 5.74) is 0.495. The molecule has 0 saturated carbocycles. The van der Waals surface area contributed by atoms with E-state index in [0.29, 0.717) is 31.7 Å². The van der Waals surface area contributed by atoms with Crippen molar-refractivity contribution >= 4 is 11.8 Å². The van der Waals surface area contributed by atoms with E-state index in [1.54, 1.807) is 4.90 Å². The van der Waals surface area contributed by atoms with Crippen LogP contribution in [-0.4, -0.2) is 60.9 Å². The number of hydrogen-bond donors (Lipinski definition) is 1. The van der Waals surface area contributed by atoms with E-state index in [2.05, 4.69) is 5.32 Å². The second-order valence-electron chi connectivity index (χ2n) is 6.50. The van der Waals surface area contributed by atoms with Crippen LogP contribution in [0.4, 0.5) is 4.39 Å². The SMILES string of the molecule is O=C(c1ccc(F)cc1)N1CCCN(C(=O)C2CCNCC2)CC1. The molecule has 130 valence electrons. The molecule has 0 spiro atoms. The third-order valence-corrected chi connectivity index (χ3v) is 4.87. The highest BCUT2D eigenvalue weighted by Gasteiger charge is 2.28. The molecule has 0 aromatic heterocycles. The van der Waals surface area contributed by atoms with Crippen molar-refractivity contribution in [3.63, 3.8) is 0 Å². The van der Waals surface area contributed by atoms with Crippen LogP contribution in [0.1, 0.15) is 29.6 Å². The molecule has 2 aliphatic rings. The Balaban J connectivity index is 1.59. The summed E-state index contributed by atoms with van der Waals surface area (Å²) >= 11 is 0. The van der Waals surface area contributed by atoms with Crippen molar-refractivity contribution in [1.29, 1.82) is 0 Å². The first-order chi connectivity index (χ1) is 11.6. The van der Waals surface area contributed by atoms with Crippen LogP contribution in [0.25, 0.3) is 0 Å². The minimum atomic E-state index is -0.346. The number of nitrogens with zero attached hydrogens (tertiary/aromatic N) is 2. The second-order valence-corrected chi connectivity index (χ2v) is 6.50. The lowest BCUT2D eigenvalue weighted by Gasteiger charge is -2.28. The number of hydrogen-bond acceptors (Lipinski definition) is 3. The minimum Gasteiger partial charge on any atom is -0.341 e. The molecule has 0 bridgehead atoms. The van der Waals surface area contributed by atoms with E-state index < -0.39 is 0 Å². The van der Waals surface area contributed by atoms with Gasteiger partial charge in [0.05, 0.1) is 0 Å². The maximum atomic E-state index is 13.0. The van der Waals surface area contributed by atoms with Gasteiger partial charge in [-0.2, -0.15) is 0 Å². The summed E-state index contributed by atoms with van der Waals surface area (Å²) in [6, 6.07) is 5.64. The third kappa shape index (κ3) is 3.93. The Labute approximate surface area is 141 Å². The van der Waals surface area contributed by atoms with Gasteiger partial charge in [0.2, 0.25) is 5.91 Å². The average molecular weight is 333 g/mol. The number of carbonyl (C=O) groups is 2. The zero-order valence-electron chi connectivity index (χ0n) is 13.8. The number of benzene rings is 1. The lowest BCUT2D eigenvalue weighted by atomic mass is 9.96. The van der Waals surface area contributed by atoms with Crippen molar-refractivity contribution < 1.29 is 14.0 Å². The molecule has 6 heteroatoms. The number of nitrogens with one attached hydrogen (secondary N) is 1. The molecule has 1 aromatic carbocycles. The van der Waals surface area contributed by atoms with Crippen molar-refractivity contribution in [2.24, 2.45) is 5.92 Å². The highest BCUT2D eigenvalue weighted by molar-refractivity contribution is 5.94. The highest BCUT2D eigenvalue weighted by atomic mass is 19.1. The first kappa shape index (κ1) is 16.9. The van der Waals surface area contributed by atoms with Crippen LogP contribution >= 0.6 is 0 Å². The fraction of sp³-hybridized carbons (Fsp3) is 0.556. The van der Waals surface area contributed by atoms with Gasteiger partial charge >= 0.3 is 0 Å². The maximum absolute atomic E-state index is 13.0. The molecule has 2 heterocycles. The fourth-order valence-electron chi connectivity index (χ4n) is 3.44. The van der Waals surface area contributed by atoms with Gasteiger partial charge in [0.15, 0.2) is 0 Å². The average Bonchev–Trinajstić information content (AvgIpc) is 2.88. The molecular formula is C18H24FN3O2. The summed E-state index contributed by atoms with van der Waals surface area (Å²) in [5.74, 6) is -0.0921. The lowest BCUT2D eigenvalue weighted by molar-refractivity contribution is -0.136. The molecule has 2 aliphatic heterocycles. The van der Waals surface area contributed by atoms with Gasteiger partial charge in [-0.15, -0.1) is 0 Å². The Morgan fingerprint density at radius 3 is 2.29 bits per heavy atom. The summed E-state index contributed by atoms with van der Waals surface area (Å²) in [6.45, 7) is 4.25. The molecule has 0 aliphatic carbocycles. The van der Waals surface area contributed by atoms with Gasteiger partial charge in [0.25, 0.3) is 5.91 Å². The van der Waals surface area contributed by atoms with Crippen molar-refractivity contribution in [3.05, 3.63) is 35.6 Å². The number of halogens is 1. The van der Waals surface area contributed by atoms with E-state index >= 15 is 0 Å². The van der Waals surface area contributed by atoms with E-state index in [9.17, 15) is 14.0 Å². The minimum absolute atomic E-state index is 0.0915. The van der Waals surface area contributed by atoms with Crippen LogP contribution in [0, 0.1) is 11.7 Å². The monoisotopic (exact) mass is 333 g/mol. The molecule has 0 radical (unpaired) electrons. The molecule has 2 fully saturated rings. The van der Waals surface area contributed by atoms with Gasteiger partial charge in [0, 0.05) is 37.7 Å². The number of carbonyl (C=O) groups excluding carboxylic acids is 2. The number of piperidine rings is 1. The van der Waals surface area contributed by atoms with Crippen molar-refractivity contribution in [3.8, 4) is 0 Å². The zero-order chi connectivity index (χ0) is 16.9. The lowest BCUT2D eigenvalue weighted by Crippen LogP contribution is -2.43. The number of rotatable bonds is 2. The molecule has 5 nitrogen and oxygen atoms in total. The highest BCUT2D eigenvalue weighted by Crippen LogP contribution is 2.17. The fourth-order valence-corrected chi connectivity index (χ4v) is 3.44. The molecule has 2 amide bonds. The van der Waals surface area contributed by atoms with Crippen LogP contribution in [0.3, 0.4) is 0 Å². The topological polar surface area (TPSA) is 52.7 Å².